The maximum atomic E-state index is 12.3. The third-order valence-electron chi connectivity index (χ3n) is 5.15. The standard InChI is InChI=1S/C18H26BrN3O5/c1-16(2,3)27-15(25)22-10-17(11-22)5-6-18(9-17,26-8-13(23)24)14-20-12(19)7-21(14)4/h7H,5-6,8-11H2,1-4H3,(H,23,24). The molecule has 2 heterocycles. The van der Waals surface area contributed by atoms with Crippen LogP contribution in [0.4, 0.5) is 4.79 Å². The molecule has 9 heteroatoms. The largest absolute Gasteiger partial charge is 0.480 e. The molecule has 0 aromatic carbocycles. The minimum atomic E-state index is -1.01. The van der Waals surface area contributed by atoms with Crippen molar-refractivity contribution in [2.75, 3.05) is 19.7 Å². The van der Waals surface area contributed by atoms with Gasteiger partial charge < -0.3 is 24.0 Å². The second-order valence-corrected chi connectivity index (χ2v) is 9.50. The van der Waals surface area contributed by atoms with Crippen LogP contribution in [0, 0.1) is 5.41 Å². The molecule has 1 aliphatic carbocycles. The Bertz CT molecular complexity index is 751. The van der Waals surface area contributed by atoms with E-state index in [1.54, 1.807) is 4.90 Å². The Balaban J connectivity index is 1.75. The molecule has 0 radical (unpaired) electrons. The number of rotatable bonds is 4. The Labute approximate surface area is 167 Å². The molecule has 1 atom stereocenters. The fraction of sp³-hybridized carbons (Fsp3) is 0.722. The predicted octanol–water partition coefficient (Wildman–Crippen LogP) is 2.90. The first kappa shape index (κ1) is 20.1. The van der Waals surface area contributed by atoms with E-state index in [1.165, 1.54) is 0 Å². The molecule has 27 heavy (non-hydrogen) atoms. The summed E-state index contributed by atoms with van der Waals surface area (Å²) in [5.41, 5.74) is -1.38. The lowest BCUT2D eigenvalue weighted by molar-refractivity contribution is -0.152. The second kappa shape index (κ2) is 6.77. The highest BCUT2D eigenvalue weighted by atomic mass is 79.9. The number of imidazole rings is 1. The summed E-state index contributed by atoms with van der Waals surface area (Å²) in [6, 6.07) is 0. The van der Waals surface area contributed by atoms with Crippen molar-refractivity contribution in [1.82, 2.24) is 14.5 Å². The molecule has 1 unspecified atom stereocenters. The number of carbonyl (C=O) groups is 2. The second-order valence-electron chi connectivity index (χ2n) is 8.69. The van der Waals surface area contributed by atoms with Gasteiger partial charge in [-0.25, -0.2) is 14.6 Å². The topological polar surface area (TPSA) is 93.9 Å². The Morgan fingerprint density at radius 2 is 2.00 bits per heavy atom. The molecule has 1 aliphatic heterocycles. The maximum Gasteiger partial charge on any atom is 0.410 e. The van der Waals surface area contributed by atoms with Gasteiger partial charge >= 0.3 is 12.1 Å². The Kier molecular flexibility index (Phi) is 5.05. The van der Waals surface area contributed by atoms with Crippen LogP contribution in [-0.2, 0) is 26.9 Å². The van der Waals surface area contributed by atoms with Crippen LogP contribution in [-0.4, -0.2) is 56.9 Å². The molecule has 3 rings (SSSR count). The third kappa shape index (κ3) is 4.13. The summed E-state index contributed by atoms with van der Waals surface area (Å²) in [6.07, 6.45) is 3.66. The lowest BCUT2D eigenvalue weighted by Gasteiger charge is -2.48. The van der Waals surface area contributed by atoms with Crippen molar-refractivity contribution >= 4 is 28.0 Å². The molecule has 1 spiro atoms. The molecule has 2 fully saturated rings. The number of aliphatic carboxylic acids is 1. The molecule has 150 valence electrons. The molecular weight excluding hydrogens is 418 g/mol. The first-order valence-corrected chi connectivity index (χ1v) is 9.76. The van der Waals surface area contributed by atoms with Crippen LogP contribution in [0.3, 0.4) is 0 Å². The van der Waals surface area contributed by atoms with Crippen LogP contribution in [0.1, 0.15) is 45.9 Å². The number of carboxylic acids is 1. The number of carbonyl (C=O) groups excluding carboxylic acids is 1. The summed E-state index contributed by atoms with van der Waals surface area (Å²) in [7, 11) is 1.87. The monoisotopic (exact) mass is 443 g/mol. The van der Waals surface area contributed by atoms with Gasteiger partial charge in [-0.15, -0.1) is 0 Å². The smallest absolute Gasteiger partial charge is 0.410 e. The van der Waals surface area contributed by atoms with Crippen molar-refractivity contribution < 1.29 is 24.2 Å². The van der Waals surface area contributed by atoms with Crippen molar-refractivity contribution in [2.24, 2.45) is 12.5 Å². The summed E-state index contributed by atoms with van der Waals surface area (Å²) in [5, 5.41) is 9.10. The van der Waals surface area contributed by atoms with Crippen LogP contribution in [0.25, 0.3) is 0 Å². The fourth-order valence-corrected chi connectivity index (χ4v) is 4.65. The van der Waals surface area contributed by atoms with Crippen LogP contribution in [0.15, 0.2) is 10.8 Å². The van der Waals surface area contributed by atoms with Gasteiger partial charge in [0.1, 0.15) is 28.2 Å². The SMILES string of the molecule is Cn1cc(Br)nc1C1(OCC(=O)O)CCC2(CN(C(=O)OC(C)(C)C)C2)C1. The first-order chi connectivity index (χ1) is 12.4. The van der Waals surface area contributed by atoms with E-state index in [2.05, 4.69) is 20.9 Å². The number of aryl methyl sites for hydroxylation is 1. The summed E-state index contributed by atoms with van der Waals surface area (Å²) in [6.45, 7) is 6.34. The Morgan fingerprint density at radius 1 is 1.33 bits per heavy atom. The number of nitrogens with zero attached hydrogens (tertiary/aromatic N) is 3. The fourth-order valence-electron chi connectivity index (χ4n) is 4.17. The zero-order valence-electron chi connectivity index (χ0n) is 16.1. The Hall–Kier alpha value is -1.61. The average molecular weight is 444 g/mol. The predicted molar refractivity (Wildman–Crippen MR) is 100 cm³/mol. The molecule has 0 bridgehead atoms. The molecule has 1 amide bonds. The van der Waals surface area contributed by atoms with E-state index >= 15 is 0 Å². The minimum absolute atomic E-state index is 0.0895. The number of hydrogen-bond donors (Lipinski definition) is 1. The van der Waals surface area contributed by atoms with E-state index < -0.39 is 17.2 Å². The van der Waals surface area contributed by atoms with Crippen molar-refractivity contribution in [3.63, 3.8) is 0 Å². The van der Waals surface area contributed by atoms with E-state index in [0.29, 0.717) is 36.4 Å². The maximum absolute atomic E-state index is 12.3. The van der Waals surface area contributed by atoms with Gasteiger partial charge in [-0.1, -0.05) is 0 Å². The van der Waals surface area contributed by atoms with E-state index in [0.717, 1.165) is 6.42 Å². The lowest BCUT2D eigenvalue weighted by Crippen LogP contribution is -2.58. The molecular formula is C18H26BrN3O5. The first-order valence-electron chi connectivity index (χ1n) is 8.97. The number of ether oxygens (including phenoxy) is 2. The number of hydrogen-bond acceptors (Lipinski definition) is 5. The highest BCUT2D eigenvalue weighted by Crippen LogP contribution is 2.55. The van der Waals surface area contributed by atoms with Gasteiger partial charge in [0.25, 0.3) is 0 Å². The molecule has 1 saturated carbocycles. The van der Waals surface area contributed by atoms with Gasteiger partial charge in [0.05, 0.1) is 0 Å². The van der Waals surface area contributed by atoms with Crippen molar-refractivity contribution in [3.8, 4) is 0 Å². The summed E-state index contributed by atoms with van der Waals surface area (Å²) in [5.74, 6) is -0.296. The molecule has 8 nitrogen and oxygen atoms in total. The van der Waals surface area contributed by atoms with Gasteiger partial charge in [0.2, 0.25) is 0 Å². The van der Waals surface area contributed by atoms with E-state index in [-0.39, 0.29) is 18.1 Å². The number of halogens is 1. The Morgan fingerprint density at radius 3 is 2.52 bits per heavy atom. The lowest BCUT2D eigenvalue weighted by atomic mass is 9.77. The van der Waals surface area contributed by atoms with Crippen molar-refractivity contribution in [2.45, 2.75) is 51.2 Å². The summed E-state index contributed by atoms with van der Waals surface area (Å²) >= 11 is 3.38. The van der Waals surface area contributed by atoms with Crippen molar-refractivity contribution in [3.05, 3.63) is 16.6 Å². The van der Waals surface area contributed by atoms with Crippen LogP contribution < -0.4 is 0 Å². The zero-order chi connectivity index (χ0) is 20.0. The number of likely N-dealkylation sites (tertiary alicyclic amines) is 1. The highest BCUT2D eigenvalue weighted by Gasteiger charge is 2.58. The highest BCUT2D eigenvalue weighted by molar-refractivity contribution is 9.10. The molecule has 1 N–H and O–H groups in total. The molecule has 1 aromatic heterocycles. The molecule has 1 aromatic rings. The molecule has 2 aliphatic rings. The van der Waals surface area contributed by atoms with E-state index in [1.807, 2.05) is 38.6 Å². The van der Waals surface area contributed by atoms with Crippen LogP contribution in [0.5, 0.6) is 0 Å². The van der Waals surface area contributed by atoms with Gasteiger partial charge in [0, 0.05) is 31.7 Å². The third-order valence-corrected chi connectivity index (χ3v) is 5.53. The van der Waals surface area contributed by atoms with Crippen molar-refractivity contribution in [1.29, 1.82) is 0 Å². The quantitative estimate of drug-likeness (QED) is 0.768. The zero-order valence-corrected chi connectivity index (χ0v) is 17.7. The molecule has 1 saturated heterocycles. The number of aromatic nitrogens is 2. The normalized spacial score (nSPS) is 24.1. The minimum Gasteiger partial charge on any atom is -0.480 e. The number of carboxylic acid groups (broad SMARTS) is 1. The number of amides is 1. The summed E-state index contributed by atoms with van der Waals surface area (Å²) in [4.78, 5) is 29.6. The summed E-state index contributed by atoms with van der Waals surface area (Å²) < 4.78 is 13.9. The van der Waals surface area contributed by atoms with Crippen LogP contribution in [0.2, 0.25) is 0 Å². The average Bonchev–Trinajstić information content (AvgIpc) is 3.03. The van der Waals surface area contributed by atoms with Gasteiger partial charge in [-0.05, 0) is 56.0 Å². The van der Waals surface area contributed by atoms with Gasteiger partial charge in [0.15, 0.2) is 0 Å². The van der Waals surface area contributed by atoms with Gasteiger partial charge in [-0.3, -0.25) is 0 Å². The van der Waals surface area contributed by atoms with E-state index in [9.17, 15) is 9.59 Å². The van der Waals surface area contributed by atoms with Gasteiger partial charge in [-0.2, -0.15) is 0 Å². The van der Waals surface area contributed by atoms with Crippen LogP contribution >= 0.6 is 15.9 Å². The van der Waals surface area contributed by atoms with E-state index in [4.69, 9.17) is 14.6 Å².